The fourth-order valence-electron chi connectivity index (χ4n) is 3.73. The Morgan fingerprint density at radius 3 is 2.27 bits per heavy atom. The highest BCUT2D eigenvalue weighted by Crippen LogP contribution is 2.39. The first kappa shape index (κ1) is 20.6. The topological polar surface area (TPSA) is 20.2 Å². The smallest absolute Gasteiger partial charge is 0.123 e. The summed E-state index contributed by atoms with van der Waals surface area (Å²) in [5.74, 6) is 0.830. The minimum Gasteiger partial charge on any atom is -0.507 e. The van der Waals surface area contributed by atoms with Crippen molar-refractivity contribution in [1.82, 2.24) is 0 Å². The molecule has 0 amide bonds. The molecular weight excluding hydrogens is 316 g/mol. The molecule has 0 heterocycles. The zero-order valence-corrected chi connectivity index (χ0v) is 17.5. The molecule has 0 aliphatic heterocycles. The molecule has 0 aromatic heterocycles. The minimum absolute atomic E-state index is 0.0945. The fraction of sp³-hybridized carbons (Fsp3) is 0.520. The van der Waals surface area contributed by atoms with E-state index in [0.29, 0.717) is 11.7 Å². The molecule has 0 saturated carbocycles. The van der Waals surface area contributed by atoms with Crippen molar-refractivity contribution in [3.63, 3.8) is 0 Å². The molecular formula is C25H36O. The summed E-state index contributed by atoms with van der Waals surface area (Å²) in [6.45, 7) is 13.4. The molecule has 0 saturated heterocycles. The Balaban J connectivity index is 2.32. The van der Waals surface area contributed by atoms with Crippen LogP contribution in [0.3, 0.4) is 0 Å². The van der Waals surface area contributed by atoms with Crippen LogP contribution in [-0.2, 0) is 5.41 Å². The van der Waals surface area contributed by atoms with Crippen LogP contribution in [0, 0.1) is 6.92 Å². The summed E-state index contributed by atoms with van der Waals surface area (Å²) in [5, 5.41) is 10.8. The van der Waals surface area contributed by atoms with Crippen molar-refractivity contribution in [1.29, 1.82) is 0 Å². The maximum atomic E-state index is 10.8. The number of hydrogen-bond acceptors (Lipinski definition) is 1. The van der Waals surface area contributed by atoms with Gasteiger partial charge in [0.05, 0.1) is 0 Å². The first-order valence-electron chi connectivity index (χ1n) is 10.2. The number of rotatable bonds is 8. The van der Waals surface area contributed by atoms with E-state index in [-0.39, 0.29) is 5.41 Å². The zero-order chi connectivity index (χ0) is 19.3. The number of aromatic hydroxyl groups is 1. The van der Waals surface area contributed by atoms with Gasteiger partial charge in [-0.25, -0.2) is 0 Å². The van der Waals surface area contributed by atoms with Gasteiger partial charge in [-0.1, -0.05) is 96.2 Å². The van der Waals surface area contributed by atoms with Gasteiger partial charge < -0.3 is 5.11 Å². The first-order valence-corrected chi connectivity index (χ1v) is 10.2. The van der Waals surface area contributed by atoms with Gasteiger partial charge in [0, 0.05) is 5.56 Å². The van der Waals surface area contributed by atoms with Gasteiger partial charge >= 0.3 is 0 Å². The number of benzene rings is 2. The molecule has 142 valence electrons. The monoisotopic (exact) mass is 352 g/mol. The van der Waals surface area contributed by atoms with Gasteiger partial charge in [0.1, 0.15) is 5.75 Å². The van der Waals surface area contributed by atoms with Crippen molar-refractivity contribution in [2.75, 3.05) is 0 Å². The average Bonchev–Trinajstić information content (AvgIpc) is 2.58. The number of aryl methyl sites for hydroxylation is 1. The lowest BCUT2D eigenvalue weighted by molar-refractivity contribution is 0.438. The summed E-state index contributed by atoms with van der Waals surface area (Å²) in [5.41, 5.74) is 5.94. The zero-order valence-electron chi connectivity index (χ0n) is 17.5. The molecule has 2 aromatic carbocycles. The standard InChI is InChI=1S/C25H36O/c1-7-8-9-10-15-25(5,6)20-12-14-22(24(26)17-20)23-16-19(4)11-13-21(23)18(2)3/h11-14,16-18,26H,7-10,15H2,1-6H3. The van der Waals surface area contributed by atoms with Gasteiger partial charge in [0.25, 0.3) is 0 Å². The Bertz CT molecular complexity index is 725. The van der Waals surface area contributed by atoms with Crippen LogP contribution in [0.15, 0.2) is 36.4 Å². The van der Waals surface area contributed by atoms with E-state index in [0.717, 1.165) is 17.5 Å². The van der Waals surface area contributed by atoms with Crippen molar-refractivity contribution in [2.45, 2.75) is 85.0 Å². The summed E-state index contributed by atoms with van der Waals surface area (Å²) >= 11 is 0. The molecule has 2 aromatic rings. The highest BCUT2D eigenvalue weighted by molar-refractivity contribution is 5.74. The summed E-state index contributed by atoms with van der Waals surface area (Å²) in [4.78, 5) is 0. The van der Waals surface area contributed by atoms with Crippen molar-refractivity contribution in [3.8, 4) is 16.9 Å². The third-order valence-corrected chi connectivity index (χ3v) is 5.56. The van der Waals surface area contributed by atoms with Crippen molar-refractivity contribution in [3.05, 3.63) is 53.1 Å². The molecule has 1 N–H and O–H groups in total. The third-order valence-electron chi connectivity index (χ3n) is 5.56. The maximum absolute atomic E-state index is 10.8. The SMILES string of the molecule is CCCCCCC(C)(C)c1ccc(-c2cc(C)ccc2C(C)C)c(O)c1. The molecule has 26 heavy (non-hydrogen) atoms. The van der Waals surface area contributed by atoms with Crippen LogP contribution in [0.2, 0.25) is 0 Å². The second-order valence-corrected chi connectivity index (χ2v) is 8.67. The molecule has 0 spiro atoms. The molecule has 0 fully saturated rings. The van der Waals surface area contributed by atoms with Crippen molar-refractivity contribution >= 4 is 0 Å². The van der Waals surface area contributed by atoms with Crippen LogP contribution in [0.1, 0.15) is 89.3 Å². The van der Waals surface area contributed by atoms with Crippen LogP contribution >= 0.6 is 0 Å². The predicted octanol–water partition coefficient (Wildman–Crippen LogP) is 7.74. The second-order valence-electron chi connectivity index (χ2n) is 8.67. The molecule has 2 rings (SSSR count). The van der Waals surface area contributed by atoms with Crippen LogP contribution in [0.5, 0.6) is 5.75 Å². The minimum atomic E-state index is 0.0945. The normalized spacial score (nSPS) is 12.0. The highest BCUT2D eigenvalue weighted by atomic mass is 16.3. The average molecular weight is 353 g/mol. The molecule has 0 aliphatic carbocycles. The second kappa shape index (κ2) is 8.75. The molecule has 0 atom stereocenters. The Hall–Kier alpha value is -1.76. The number of unbranched alkanes of at least 4 members (excludes halogenated alkanes) is 3. The van der Waals surface area contributed by atoms with Crippen molar-refractivity contribution < 1.29 is 5.11 Å². The molecule has 0 radical (unpaired) electrons. The largest absolute Gasteiger partial charge is 0.507 e. The molecule has 0 aliphatic rings. The van der Waals surface area contributed by atoms with Gasteiger partial charge in [-0.3, -0.25) is 0 Å². The van der Waals surface area contributed by atoms with E-state index < -0.39 is 0 Å². The van der Waals surface area contributed by atoms with Gasteiger partial charge in [0.2, 0.25) is 0 Å². The van der Waals surface area contributed by atoms with E-state index in [1.54, 1.807) is 0 Å². The van der Waals surface area contributed by atoms with Crippen LogP contribution in [-0.4, -0.2) is 5.11 Å². The Labute approximate surface area is 160 Å². The van der Waals surface area contributed by atoms with Crippen LogP contribution in [0.4, 0.5) is 0 Å². The maximum Gasteiger partial charge on any atom is 0.123 e. The Kier molecular flexibility index (Phi) is 6.92. The fourth-order valence-corrected chi connectivity index (χ4v) is 3.73. The van der Waals surface area contributed by atoms with E-state index in [1.165, 1.54) is 42.4 Å². The summed E-state index contributed by atoms with van der Waals surface area (Å²) < 4.78 is 0. The summed E-state index contributed by atoms with van der Waals surface area (Å²) in [6.07, 6.45) is 6.29. The lowest BCUT2D eigenvalue weighted by Crippen LogP contribution is -2.17. The number of phenols is 1. The van der Waals surface area contributed by atoms with E-state index >= 15 is 0 Å². The van der Waals surface area contributed by atoms with Crippen LogP contribution < -0.4 is 0 Å². The molecule has 0 bridgehead atoms. The lowest BCUT2D eigenvalue weighted by atomic mass is 9.79. The van der Waals surface area contributed by atoms with E-state index in [1.807, 2.05) is 6.07 Å². The number of phenolic OH excluding ortho intramolecular Hbond substituents is 1. The summed E-state index contributed by atoms with van der Waals surface area (Å²) in [6, 6.07) is 12.9. The van der Waals surface area contributed by atoms with E-state index in [2.05, 4.69) is 71.9 Å². The quantitative estimate of drug-likeness (QED) is 0.482. The van der Waals surface area contributed by atoms with Gasteiger partial charge in [-0.2, -0.15) is 0 Å². The highest BCUT2D eigenvalue weighted by Gasteiger charge is 2.22. The van der Waals surface area contributed by atoms with Gasteiger partial charge in [-0.05, 0) is 47.4 Å². The van der Waals surface area contributed by atoms with E-state index in [4.69, 9.17) is 0 Å². The molecule has 1 heteroatoms. The van der Waals surface area contributed by atoms with Crippen LogP contribution in [0.25, 0.3) is 11.1 Å². The van der Waals surface area contributed by atoms with E-state index in [9.17, 15) is 5.11 Å². The number of hydrogen-bond donors (Lipinski definition) is 1. The lowest BCUT2D eigenvalue weighted by Gasteiger charge is -2.26. The predicted molar refractivity (Wildman–Crippen MR) is 114 cm³/mol. The third kappa shape index (κ3) is 4.90. The Morgan fingerprint density at radius 1 is 0.923 bits per heavy atom. The summed E-state index contributed by atoms with van der Waals surface area (Å²) in [7, 11) is 0. The van der Waals surface area contributed by atoms with Crippen molar-refractivity contribution in [2.24, 2.45) is 0 Å². The van der Waals surface area contributed by atoms with Gasteiger partial charge in [0.15, 0.2) is 0 Å². The molecule has 1 nitrogen and oxygen atoms in total. The van der Waals surface area contributed by atoms with Gasteiger partial charge in [-0.15, -0.1) is 0 Å². The Morgan fingerprint density at radius 2 is 1.65 bits per heavy atom. The first-order chi connectivity index (χ1) is 12.3. The molecule has 0 unspecified atom stereocenters.